The molecule has 0 atom stereocenters. The van der Waals surface area contributed by atoms with Crippen LogP contribution in [0.5, 0.6) is 0 Å². The number of hydrogen-bond donors (Lipinski definition) is 0. The van der Waals surface area contributed by atoms with Crippen LogP contribution >= 0.6 is 0 Å². The molecule has 1 rings (SSSR count). The predicted octanol–water partition coefficient (Wildman–Crippen LogP) is 2.87. The van der Waals surface area contributed by atoms with Gasteiger partial charge in [-0.05, 0) is 19.2 Å². The molecule has 0 fully saturated rings. The van der Waals surface area contributed by atoms with Crippen LogP contribution in [0, 0.1) is 10.1 Å². The highest BCUT2D eigenvalue weighted by molar-refractivity contribution is 6.79. The molecule has 0 spiro atoms. The fraction of sp³-hybridized carbons (Fsp3) is 0.400. The van der Waals surface area contributed by atoms with Crippen LogP contribution in [0.25, 0.3) is 0 Å². The van der Waals surface area contributed by atoms with Crippen LogP contribution in [0.1, 0.15) is 0 Å². The van der Waals surface area contributed by atoms with Crippen LogP contribution in [0.2, 0.25) is 19.6 Å². The molecular weight excluding hydrogens is 208 g/mol. The summed E-state index contributed by atoms with van der Waals surface area (Å²) in [4.78, 5) is 10.1. The molecule has 5 heteroatoms. The highest BCUT2D eigenvalue weighted by Crippen LogP contribution is 2.22. The molecule has 0 amide bonds. The van der Waals surface area contributed by atoms with Crippen LogP contribution in [-0.4, -0.2) is 20.2 Å². The number of rotatable bonds is 3. The zero-order valence-corrected chi connectivity index (χ0v) is 10.5. The van der Waals surface area contributed by atoms with Crippen molar-refractivity contribution in [1.82, 2.24) is 0 Å². The van der Waals surface area contributed by atoms with Crippen molar-refractivity contribution in [1.29, 1.82) is 0 Å². The van der Waals surface area contributed by atoms with E-state index < -0.39 is 8.24 Å². The van der Waals surface area contributed by atoms with Crippen molar-refractivity contribution in [2.45, 2.75) is 19.6 Å². The smallest absolute Gasteiger partial charge is 0.269 e. The number of nitro benzene ring substituents is 1. The molecule has 0 heterocycles. The van der Waals surface area contributed by atoms with E-state index in [9.17, 15) is 10.1 Å². The quantitative estimate of drug-likeness (QED) is 0.450. The molecule has 4 nitrogen and oxygen atoms in total. The maximum absolute atomic E-state index is 10.5. The first-order chi connectivity index (χ1) is 6.82. The number of benzene rings is 1. The topological polar surface area (TPSA) is 46.4 Å². The lowest BCUT2D eigenvalue weighted by Crippen LogP contribution is -2.43. The summed E-state index contributed by atoms with van der Waals surface area (Å²) >= 11 is 0. The van der Waals surface area contributed by atoms with E-state index in [2.05, 4.69) is 24.2 Å². The van der Waals surface area contributed by atoms with Gasteiger partial charge >= 0.3 is 0 Å². The van der Waals surface area contributed by atoms with E-state index in [1.807, 2.05) is 7.05 Å². The minimum Gasteiger partial charge on any atom is -0.401 e. The van der Waals surface area contributed by atoms with Crippen LogP contribution in [0.3, 0.4) is 0 Å². The zero-order valence-electron chi connectivity index (χ0n) is 9.52. The van der Waals surface area contributed by atoms with E-state index in [1.54, 1.807) is 24.3 Å². The molecule has 1 aromatic rings. The second-order valence-corrected chi connectivity index (χ2v) is 9.52. The summed E-state index contributed by atoms with van der Waals surface area (Å²) in [5.41, 5.74) is 1.18. The van der Waals surface area contributed by atoms with Crippen molar-refractivity contribution in [2.75, 3.05) is 11.6 Å². The SMILES string of the molecule is CN(c1ccc([N+](=O)[O-])cc1)[Si](C)(C)C. The van der Waals surface area contributed by atoms with Gasteiger partial charge in [-0.15, -0.1) is 0 Å². The number of non-ortho nitro benzene ring substituents is 1. The lowest BCUT2D eigenvalue weighted by Gasteiger charge is -2.32. The zero-order chi connectivity index (χ0) is 11.6. The molecule has 0 N–H and O–H groups in total. The Bertz CT molecular complexity index is 357. The van der Waals surface area contributed by atoms with Crippen LogP contribution < -0.4 is 4.57 Å². The first kappa shape index (κ1) is 11.7. The largest absolute Gasteiger partial charge is 0.401 e. The van der Waals surface area contributed by atoms with Gasteiger partial charge < -0.3 is 4.57 Å². The van der Waals surface area contributed by atoms with Crippen molar-refractivity contribution in [2.24, 2.45) is 0 Å². The van der Waals surface area contributed by atoms with Crippen molar-refractivity contribution in [3.05, 3.63) is 34.4 Å². The molecule has 0 saturated heterocycles. The standard InChI is InChI=1S/C10H16N2O2Si/c1-11(15(2,3)4)9-5-7-10(8-6-9)12(13)14/h5-8H,1-4H3. The summed E-state index contributed by atoms with van der Waals surface area (Å²) in [7, 11) is 0.653. The predicted molar refractivity (Wildman–Crippen MR) is 64.8 cm³/mol. The van der Waals surface area contributed by atoms with Gasteiger partial charge in [-0.2, -0.15) is 0 Å². The van der Waals surface area contributed by atoms with Gasteiger partial charge in [-0.3, -0.25) is 10.1 Å². The average molecular weight is 224 g/mol. The first-order valence-electron chi connectivity index (χ1n) is 4.80. The maximum Gasteiger partial charge on any atom is 0.269 e. The summed E-state index contributed by atoms with van der Waals surface area (Å²) in [6.45, 7) is 6.69. The fourth-order valence-corrected chi connectivity index (χ4v) is 2.11. The highest BCUT2D eigenvalue weighted by atomic mass is 28.3. The average Bonchev–Trinajstić information content (AvgIpc) is 2.15. The number of hydrogen-bond acceptors (Lipinski definition) is 3. The number of nitrogens with zero attached hydrogens (tertiary/aromatic N) is 2. The summed E-state index contributed by atoms with van der Waals surface area (Å²) in [6.07, 6.45) is 0. The molecule has 0 unspecified atom stereocenters. The molecular formula is C10H16N2O2Si. The minimum absolute atomic E-state index is 0.141. The summed E-state index contributed by atoms with van der Waals surface area (Å²) < 4.78 is 2.22. The second kappa shape index (κ2) is 4.02. The fourth-order valence-electron chi connectivity index (χ4n) is 1.19. The molecule has 0 aromatic heterocycles. The van der Waals surface area contributed by atoms with Crippen LogP contribution in [0.4, 0.5) is 11.4 Å². The molecule has 0 aliphatic carbocycles. The number of anilines is 1. The van der Waals surface area contributed by atoms with E-state index >= 15 is 0 Å². The second-order valence-electron chi connectivity index (χ2n) is 4.50. The Balaban J connectivity index is 2.94. The van der Waals surface area contributed by atoms with Gasteiger partial charge in [-0.25, -0.2) is 0 Å². The Kier molecular flexibility index (Phi) is 3.14. The van der Waals surface area contributed by atoms with Crippen molar-refractivity contribution >= 4 is 19.6 Å². The van der Waals surface area contributed by atoms with Gasteiger partial charge in [0.2, 0.25) is 0 Å². The molecule has 0 saturated carbocycles. The van der Waals surface area contributed by atoms with E-state index in [4.69, 9.17) is 0 Å². The summed E-state index contributed by atoms with van der Waals surface area (Å²) in [5, 5.41) is 10.5. The Morgan fingerprint density at radius 1 is 1.20 bits per heavy atom. The Morgan fingerprint density at radius 2 is 1.67 bits per heavy atom. The molecule has 1 aromatic carbocycles. The van der Waals surface area contributed by atoms with Crippen molar-refractivity contribution < 1.29 is 4.92 Å². The Hall–Kier alpha value is -1.36. The minimum atomic E-state index is -1.38. The van der Waals surface area contributed by atoms with E-state index in [1.165, 1.54) is 0 Å². The van der Waals surface area contributed by atoms with Gasteiger partial charge in [0, 0.05) is 17.8 Å². The maximum atomic E-state index is 10.5. The summed E-state index contributed by atoms with van der Waals surface area (Å²) in [6, 6.07) is 6.70. The molecule has 0 bridgehead atoms. The van der Waals surface area contributed by atoms with Gasteiger partial charge in [-0.1, -0.05) is 19.6 Å². The van der Waals surface area contributed by atoms with Gasteiger partial charge in [0.15, 0.2) is 0 Å². The van der Waals surface area contributed by atoms with Gasteiger partial charge in [0.05, 0.1) is 4.92 Å². The van der Waals surface area contributed by atoms with Gasteiger partial charge in [0.1, 0.15) is 8.24 Å². The van der Waals surface area contributed by atoms with Crippen LogP contribution in [-0.2, 0) is 0 Å². The molecule has 15 heavy (non-hydrogen) atoms. The molecule has 82 valence electrons. The Labute approximate surface area is 90.8 Å². The molecule has 0 aliphatic heterocycles. The monoisotopic (exact) mass is 224 g/mol. The van der Waals surface area contributed by atoms with Gasteiger partial charge in [0.25, 0.3) is 5.69 Å². The van der Waals surface area contributed by atoms with E-state index in [0.29, 0.717) is 0 Å². The molecule has 0 aliphatic rings. The third kappa shape index (κ3) is 2.79. The third-order valence-electron chi connectivity index (χ3n) is 2.45. The van der Waals surface area contributed by atoms with E-state index in [-0.39, 0.29) is 10.6 Å². The first-order valence-corrected chi connectivity index (χ1v) is 8.25. The normalized spacial score (nSPS) is 11.2. The van der Waals surface area contributed by atoms with Crippen LogP contribution in [0.15, 0.2) is 24.3 Å². The Morgan fingerprint density at radius 3 is 2.00 bits per heavy atom. The summed E-state index contributed by atoms with van der Waals surface area (Å²) in [5.74, 6) is 0. The van der Waals surface area contributed by atoms with Crippen molar-refractivity contribution in [3.8, 4) is 0 Å². The lowest BCUT2D eigenvalue weighted by atomic mass is 10.3. The highest BCUT2D eigenvalue weighted by Gasteiger charge is 2.20. The third-order valence-corrected chi connectivity index (χ3v) is 4.72. The number of nitro groups is 1. The van der Waals surface area contributed by atoms with E-state index in [0.717, 1.165) is 5.69 Å². The van der Waals surface area contributed by atoms with Crippen molar-refractivity contribution in [3.63, 3.8) is 0 Å². The lowest BCUT2D eigenvalue weighted by molar-refractivity contribution is -0.384. The molecule has 0 radical (unpaired) electrons.